The normalized spacial score (nSPS) is 22.4. The number of nitrogens with zero attached hydrogens (tertiary/aromatic N) is 1. The summed E-state index contributed by atoms with van der Waals surface area (Å²) in [4.78, 5) is 12.6. The average Bonchev–Trinajstić information content (AvgIpc) is 3.11. The summed E-state index contributed by atoms with van der Waals surface area (Å²) in [7, 11) is -2.61. The quantitative estimate of drug-likeness (QED) is 0.733. The van der Waals surface area contributed by atoms with Gasteiger partial charge in [0.15, 0.2) is 0 Å². The summed E-state index contributed by atoms with van der Waals surface area (Å²) < 4.78 is 42.9. The van der Waals surface area contributed by atoms with Gasteiger partial charge in [-0.05, 0) is 36.8 Å². The molecule has 0 aromatic heterocycles. The SMILES string of the molecule is CCOC(=O)C1=CC2c3cc(OC)ccc3OS(=O)(=O)N2C1c1ccccc1. The van der Waals surface area contributed by atoms with Crippen LogP contribution in [-0.2, 0) is 19.8 Å². The molecule has 0 N–H and O–H groups in total. The van der Waals surface area contributed by atoms with Crippen LogP contribution in [0.4, 0.5) is 0 Å². The van der Waals surface area contributed by atoms with Gasteiger partial charge in [0.2, 0.25) is 0 Å². The van der Waals surface area contributed by atoms with E-state index in [1.54, 1.807) is 55.5 Å². The largest absolute Gasteiger partial charge is 0.497 e. The molecule has 0 amide bonds. The molecule has 2 aromatic rings. The van der Waals surface area contributed by atoms with Crippen LogP contribution in [0.3, 0.4) is 0 Å². The van der Waals surface area contributed by atoms with Gasteiger partial charge in [-0.25, -0.2) is 4.79 Å². The third kappa shape index (κ3) is 2.94. The van der Waals surface area contributed by atoms with Crippen LogP contribution in [0.2, 0.25) is 0 Å². The highest BCUT2D eigenvalue weighted by Gasteiger charge is 2.51. The van der Waals surface area contributed by atoms with Gasteiger partial charge in [-0.2, -0.15) is 8.42 Å². The number of esters is 1. The molecule has 0 bridgehead atoms. The third-order valence-electron chi connectivity index (χ3n) is 4.78. The molecule has 0 aliphatic carbocycles. The Bertz CT molecular complexity index is 1050. The number of rotatable bonds is 4. The second-order valence-corrected chi connectivity index (χ2v) is 7.82. The van der Waals surface area contributed by atoms with Gasteiger partial charge in [0, 0.05) is 5.56 Å². The summed E-state index contributed by atoms with van der Waals surface area (Å²) >= 11 is 0. The molecule has 0 spiro atoms. The van der Waals surface area contributed by atoms with Gasteiger partial charge in [0.25, 0.3) is 0 Å². The second kappa shape index (κ2) is 6.96. The average molecular weight is 401 g/mol. The molecular formula is C20H19NO6S. The molecule has 2 aliphatic rings. The molecule has 0 saturated heterocycles. The number of ether oxygens (including phenoxy) is 2. The molecule has 2 aromatic carbocycles. The first-order valence-corrected chi connectivity index (χ1v) is 10.2. The van der Waals surface area contributed by atoms with Crippen molar-refractivity contribution in [2.45, 2.75) is 19.0 Å². The molecule has 0 fully saturated rings. The second-order valence-electron chi connectivity index (χ2n) is 6.38. The first-order chi connectivity index (χ1) is 13.5. The lowest BCUT2D eigenvalue weighted by molar-refractivity contribution is -0.138. The maximum atomic E-state index is 13.0. The fraction of sp³-hybridized carbons (Fsp3) is 0.250. The summed E-state index contributed by atoms with van der Waals surface area (Å²) in [5, 5.41) is 0. The lowest BCUT2D eigenvalue weighted by Gasteiger charge is -2.34. The van der Waals surface area contributed by atoms with Crippen molar-refractivity contribution in [3.63, 3.8) is 0 Å². The molecule has 0 radical (unpaired) electrons. The number of carbonyl (C=O) groups is 1. The van der Waals surface area contributed by atoms with E-state index in [-0.39, 0.29) is 17.9 Å². The molecule has 8 heteroatoms. The lowest BCUT2D eigenvalue weighted by atomic mass is 10.0. The zero-order valence-corrected chi connectivity index (χ0v) is 16.2. The Labute approximate surface area is 163 Å². The zero-order chi connectivity index (χ0) is 19.9. The molecule has 2 heterocycles. The number of fused-ring (bicyclic) bond motifs is 3. The molecule has 28 heavy (non-hydrogen) atoms. The van der Waals surface area contributed by atoms with Crippen molar-refractivity contribution in [1.82, 2.24) is 4.31 Å². The van der Waals surface area contributed by atoms with Crippen molar-refractivity contribution in [3.8, 4) is 11.5 Å². The molecular weight excluding hydrogens is 382 g/mol. The van der Waals surface area contributed by atoms with E-state index in [1.807, 2.05) is 6.07 Å². The number of hydrogen-bond acceptors (Lipinski definition) is 6. The van der Waals surface area contributed by atoms with E-state index in [0.717, 1.165) is 0 Å². The highest BCUT2D eigenvalue weighted by molar-refractivity contribution is 7.84. The molecule has 2 unspecified atom stereocenters. The van der Waals surface area contributed by atoms with Crippen LogP contribution in [0.15, 0.2) is 60.2 Å². The van der Waals surface area contributed by atoms with Gasteiger partial charge in [0.1, 0.15) is 11.5 Å². The number of benzene rings is 2. The van der Waals surface area contributed by atoms with Gasteiger partial charge >= 0.3 is 16.3 Å². The first kappa shape index (κ1) is 18.5. The van der Waals surface area contributed by atoms with E-state index in [9.17, 15) is 13.2 Å². The van der Waals surface area contributed by atoms with Crippen molar-refractivity contribution in [3.05, 3.63) is 71.3 Å². The highest BCUT2D eigenvalue weighted by atomic mass is 32.2. The summed E-state index contributed by atoms with van der Waals surface area (Å²) in [6.45, 7) is 1.90. The minimum absolute atomic E-state index is 0.190. The topological polar surface area (TPSA) is 82.1 Å². The Morgan fingerprint density at radius 1 is 1.18 bits per heavy atom. The van der Waals surface area contributed by atoms with E-state index in [1.165, 1.54) is 11.4 Å². The van der Waals surface area contributed by atoms with Crippen molar-refractivity contribution < 1.29 is 26.9 Å². The van der Waals surface area contributed by atoms with Crippen LogP contribution in [0.1, 0.15) is 30.1 Å². The van der Waals surface area contributed by atoms with Gasteiger partial charge < -0.3 is 13.7 Å². The summed E-state index contributed by atoms with van der Waals surface area (Å²) in [5.74, 6) is 0.233. The Balaban J connectivity index is 1.91. The minimum atomic E-state index is -4.14. The van der Waals surface area contributed by atoms with Crippen molar-refractivity contribution >= 4 is 16.3 Å². The summed E-state index contributed by atoms with van der Waals surface area (Å²) in [6, 6.07) is 12.3. The van der Waals surface area contributed by atoms with Gasteiger partial charge in [-0.15, -0.1) is 4.31 Å². The van der Waals surface area contributed by atoms with Gasteiger partial charge in [-0.3, -0.25) is 0 Å². The maximum absolute atomic E-state index is 13.0. The predicted octanol–water partition coefficient (Wildman–Crippen LogP) is 2.92. The number of hydrogen-bond donors (Lipinski definition) is 0. The Morgan fingerprint density at radius 3 is 2.61 bits per heavy atom. The standard InChI is InChI=1S/C20H19NO6S/c1-3-26-20(22)16-12-17-15-11-14(25-2)9-10-18(15)27-28(23,24)21(17)19(16)13-7-5-4-6-8-13/h4-12,17,19H,3H2,1-2H3. The molecule has 146 valence electrons. The van der Waals surface area contributed by atoms with Crippen LogP contribution >= 0.6 is 0 Å². The van der Waals surface area contributed by atoms with E-state index in [0.29, 0.717) is 16.9 Å². The summed E-state index contributed by atoms with van der Waals surface area (Å²) in [5.41, 5.74) is 1.53. The Morgan fingerprint density at radius 2 is 1.93 bits per heavy atom. The van der Waals surface area contributed by atoms with E-state index < -0.39 is 28.4 Å². The van der Waals surface area contributed by atoms with Crippen LogP contribution in [0, 0.1) is 0 Å². The molecule has 0 saturated carbocycles. The predicted molar refractivity (Wildman–Crippen MR) is 101 cm³/mol. The van der Waals surface area contributed by atoms with Crippen molar-refractivity contribution in [2.75, 3.05) is 13.7 Å². The van der Waals surface area contributed by atoms with Crippen molar-refractivity contribution in [1.29, 1.82) is 0 Å². The molecule has 4 rings (SSSR count). The minimum Gasteiger partial charge on any atom is -0.497 e. The van der Waals surface area contributed by atoms with Crippen LogP contribution < -0.4 is 8.92 Å². The Kier molecular flexibility index (Phi) is 4.60. The third-order valence-corrected chi connectivity index (χ3v) is 6.12. The van der Waals surface area contributed by atoms with Crippen molar-refractivity contribution in [2.24, 2.45) is 0 Å². The fourth-order valence-corrected chi connectivity index (χ4v) is 5.01. The fourth-order valence-electron chi connectivity index (χ4n) is 3.60. The van der Waals surface area contributed by atoms with Gasteiger partial charge in [-0.1, -0.05) is 30.3 Å². The van der Waals surface area contributed by atoms with Gasteiger partial charge in [0.05, 0.1) is 31.4 Å². The van der Waals surface area contributed by atoms with Crippen LogP contribution in [0.5, 0.6) is 11.5 Å². The highest BCUT2D eigenvalue weighted by Crippen LogP contribution is 2.51. The van der Waals surface area contributed by atoms with Crippen LogP contribution in [0.25, 0.3) is 0 Å². The monoisotopic (exact) mass is 401 g/mol. The van der Waals surface area contributed by atoms with Crippen LogP contribution in [-0.4, -0.2) is 32.4 Å². The molecule has 2 atom stereocenters. The van der Waals surface area contributed by atoms with E-state index in [2.05, 4.69) is 0 Å². The lowest BCUT2D eigenvalue weighted by Crippen LogP contribution is -2.41. The van der Waals surface area contributed by atoms with E-state index in [4.69, 9.17) is 13.7 Å². The Hall–Kier alpha value is -2.84. The zero-order valence-electron chi connectivity index (χ0n) is 15.4. The molecule has 2 aliphatic heterocycles. The molecule has 7 nitrogen and oxygen atoms in total. The number of methoxy groups -OCH3 is 1. The maximum Gasteiger partial charge on any atom is 0.386 e. The number of carbonyl (C=O) groups excluding carboxylic acids is 1. The summed E-state index contributed by atoms with van der Waals surface area (Å²) in [6.07, 6.45) is 1.63. The smallest absolute Gasteiger partial charge is 0.386 e. The first-order valence-electron chi connectivity index (χ1n) is 8.81. The van der Waals surface area contributed by atoms with E-state index >= 15 is 0 Å².